The molecule has 0 aliphatic rings. The van der Waals surface area contributed by atoms with Gasteiger partial charge in [0.1, 0.15) is 0 Å². The minimum atomic E-state index is 0.178. The van der Waals surface area contributed by atoms with Gasteiger partial charge < -0.3 is 5.32 Å². The van der Waals surface area contributed by atoms with E-state index in [9.17, 15) is 0 Å². The highest BCUT2D eigenvalue weighted by Gasteiger charge is 2.16. The molecule has 0 aromatic heterocycles. The summed E-state index contributed by atoms with van der Waals surface area (Å²) in [4.78, 5) is 0. The Morgan fingerprint density at radius 3 is 2.00 bits per heavy atom. The fraction of sp³-hybridized carbons (Fsp3) is 0.333. The SMILES string of the molecule is CNC(c1ccc(C(C)C)cc1)c1cc(Br)c(C)cc1Br. The molecule has 0 spiro atoms. The van der Waals surface area contributed by atoms with Crippen LogP contribution >= 0.6 is 31.9 Å². The maximum Gasteiger partial charge on any atom is 0.0585 e. The second kappa shape index (κ2) is 7.08. The van der Waals surface area contributed by atoms with Gasteiger partial charge in [-0.05, 0) is 54.3 Å². The van der Waals surface area contributed by atoms with Crippen molar-refractivity contribution in [2.45, 2.75) is 32.7 Å². The molecule has 2 aromatic carbocycles. The molecule has 1 unspecified atom stereocenters. The van der Waals surface area contributed by atoms with Gasteiger partial charge in [-0.25, -0.2) is 0 Å². The molecule has 2 aromatic rings. The van der Waals surface area contributed by atoms with Crippen molar-refractivity contribution in [3.63, 3.8) is 0 Å². The van der Waals surface area contributed by atoms with Crippen LogP contribution in [0, 0.1) is 6.92 Å². The highest BCUT2D eigenvalue weighted by Crippen LogP contribution is 2.33. The van der Waals surface area contributed by atoms with Crippen LogP contribution in [0.15, 0.2) is 45.3 Å². The number of hydrogen-bond acceptors (Lipinski definition) is 1. The summed E-state index contributed by atoms with van der Waals surface area (Å²) in [7, 11) is 2.00. The van der Waals surface area contributed by atoms with E-state index in [4.69, 9.17) is 0 Å². The van der Waals surface area contributed by atoms with E-state index in [0.29, 0.717) is 5.92 Å². The maximum atomic E-state index is 3.70. The van der Waals surface area contributed by atoms with Gasteiger partial charge in [-0.3, -0.25) is 0 Å². The Bertz CT molecular complexity index is 618. The first-order chi connectivity index (χ1) is 9.93. The molecule has 21 heavy (non-hydrogen) atoms. The van der Waals surface area contributed by atoms with Crippen LogP contribution in [0.5, 0.6) is 0 Å². The lowest BCUT2D eigenvalue weighted by atomic mass is 9.95. The Morgan fingerprint density at radius 2 is 1.48 bits per heavy atom. The van der Waals surface area contributed by atoms with Gasteiger partial charge in [0.25, 0.3) is 0 Å². The number of rotatable bonds is 4. The number of aryl methyl sites for hydroxylation is 1. The molecule has 2 rings (SSSR count). The molecular formula is C18H21Br2N. The van der Waals surface area contributed by atoms with Gasteiger partial charge in [-0.2, -0.15) is 0 Å². The molecule has 0 bridgehead atoms. The first-order valence-corrected chi connectivity index (χ1v) is 8.75. The monoisotopic (exact) mass is 409 g/mol. The highest BCUT2D eigenvalue weighted by atomic mass is 79.9. The molecule has 1 N–H and O–H groups in total. The number of nitrogens with one attached hydrogen (secondary N) is 1. The van der Waals surface area contributed by atoms with Crippen molar-refractivity contribution in [3.05, 3.63) is 67.6 Å². The first-order valence-electron chi connectivity index (χ1n) is 7.16. The van der Waals surface area contributed by atoms with Gasteiger partial charge in [0, 0.05) is 8.95 Å². The van der Waals surface area contributed by atoms with Crippen molar-refractivity contribution in [2.75, 3.05) is 7.05 Å². The molecule has 0 aliphatic carbocycles. The van der Waals surface area contributed by atoms with E-state index in [1.54, 1.807) is 0 Å². The van der Waals surface area contributed by atoms with Gasteiger partial charge in [0.05, 0.1) is 6.04 Å². The largest absolute Gasteiger partial charge is 0.309 e. The normalized spacial score (nSPS) is 12.7. The lowest BCUT2D eigenvalue weighted by Crippen LogP contribution is -2.18. The lowest BCUT2D eigenvalue weighted by Gasteiger charge is -2.20. The van der Waals surface area contributed by atoms with Gasteiger partial charge >= 0.3 is 0 Å². The zero-order chi connectivity index (χ0) is 15.6. The third-order valence-electron chi connectivity index (χ3n) is 3.81. The van der Waals surface area contributed by atoms with Gasteiger partial charge in [-0.15, -0.1) is 0 Å². The number of benzene rings is 2. The highest BCUT2D eigenvalue weighted by molar-refractivity contribution is 9.11. The summed E-state index contributed by atoms with van der Waals surface area (Å²) in [6, 6.07) is 13.4. The minimum absolute atomic E-state index is 0.178. The van der Waals surface area contributed by atoms with E-state index in [1.807, 2.05) is 7.05 Å². The minimum Gasteiger partial charge on any atom is -0.309 e. The zero-order valence-corrected chi connectivity index (χ0v) is 16.0. The quantitative estimate of drug-likeness (QED) is 0.656. The second-order valence-corrected chi connectivity index (χ2v) is 7.37. The molecule has 1 atom stereocenters. The van der Waals surface area contributed by atoms with Crippen LogP contribution in [0.4, 0.5) is 0 Å². The topological polar surface area (TPSA) is 12.0 Å². The van der Waals surface area contributed by atoms with Crippen molar-refractivity contribution in [1.29, 1.82) is 0 Å². The molecule has 0 fully saturated rings. The average Bonchev–Trinajstić information content (AvgIpc) is 2.45. The summed E-state index contributed by atoms with van der Waals surface area (Å²) in [5, 5.41) is 3.42. The van der Waals surface area contributed by atoms with Crippen LogP contribution in [0.3, 0.4) is 0 Å². The summed E-state index contributed by atoms with van der Waals surface area (Å²) < 4.78 is 2.27. The van der Waals surface area contributed by atoms with Gasteiger partial charge in [0.15, 0.2) is 0 Å². The average molecular weight is 411 g/mol. The van der Waals surface area contributed by atoms with Crippen LogP contribution in [0.2, 0.25) is 0 Å². The molecular weight excluding hydrogens is 390 g/mol. The molecule has 3 heteroatoms. The molecule has 0 radical (unpaired) electrons. The van der Waals surface area contributed by atoms with Crippen molar-refractivity contribution < 1.29 is 0 Å². The maximum absolute atomic E-state index is 3.70. The van der Waals surface area contributed by atoms with Crippen LogP contribution < -0.4 is 5.32 Å². The zero-order valence-electron chi connectivity index (χ0n) is 12.9. The van der Waals surface area contributed by atoms with Crippen molar-refractivity contribution in [2.24, 2.45) is 0 Å². The summed E-state index contributed by atoms with van der Waals surface area (Å²) in [5.74, 6) is 0.562. The third-order valence-corrected chi connectivity index (χ3v) is 5.36. The van der Waals surface area contributed by atoms with E-state index in [1.165, 1.54) is 22.3 Å². The molecule has 0 saturated heterocycles. The Morgan fingerprint density at radius 1 is 0.905 bits per heavy atom. The summed E-state index contributed by atoms with van der Waals surface area (Å²) in [6.07, 6.45) is 0. The third kappa shape index (κ3) is 3.77. The van der Waals surface area contributed by atoms with Crippen LogP contribution in [0.1, 0.15) is 48.1 Å². The van der Waals surface area contributed by atoms with E-state index < -0.39 is 0 Å². The molecule has 112 valence electrons. The number of hydrogen-bond donors (Lipinski definition) is 1. The van der Waals surface area contributed by atoms with Gasteiger partial charge in [0.2, 0.25) is 0 Å². The van der Waals surface area contributed by atoms with E-state index in [-0.39, 0.29) is 6.04 Å². The Balaban J connectivity index is 2.42. The number of halogens is 2. The smallest absolute Gasteiger partial charge is 0.0585 e. The molecule has 0 saturated carbocycles. The standard InChI is InChI=1S/C18H21Br2N/c1-11(2)13-5-7-14(8-6-13)18(21-4)15-10-16(19)12(3)9-17(15)20/h5-11,18,21H,1-4H3. The van der Waals surface area contributed by atoms with E-state index >= 15 is 0 Å². The second-order valence-electron chi connectivity index (χ2n) is 5.67. The van der Waals surface area contributed by atoms with Crippen molar-refractivity contribution in [1.82, 2.24) is 5.32 Å². The Kier molecular flexibility index (Phi) is 5.64. The molecule has 0 aliphatic heterocycles. The van der Waals surface area contributed by atoms with Crippen LogP contribution in [0.25, 0.3) is 0 Å². The van der Waals surface area contributed by atoms with Crippen molar-refractivity contribution in [3.8, 4) is 0 Å². The first kappa shape index (κ1) is 16.7. The van der Waals surface area contributed by atoms with Crippen LogP contribution in [-0.2, 0) is 0 Å². The molecule has 0 heterocycles. The summed E-state index contributed by atoms with van der Waals surface area (Å²) in [6.45, 7) is 6.54. The van der Waals surface area contributed by atoms with Crippen molar-refractivity contribution >= 4 is 31.9 Å². The summed E-state index contributed by atoms with van der Waals surface area (Å²) in [5.41, 5.74) is 5.12. The predicted octanol–water partition coefficient (Wildman–Crippen LogP) is 5.95. The van der Waals surface area contributed by atoms with E-state index in [2.05, 4.69) is 94.3 Å². The predicted molar refractivity (Wildman–Crippen MR) is 98.0 cm³/mol. The molecule has 1 nitrogen and oxygen atoms in total. The van der Waals surface area contributed by atoms with Crippen LogP contribution in [-0.4, -0.2) is 7.05 Å². The lowest BCUT2D eigenvalue weighted by molar-refractivity contribution is 0.687. The fourth-order valence-corrected chi connectivity index (χ4v) is 3.51. The van der Waals surface area contributed by atoms with E-state index in [0.717, 1.165) is 8.95 Å². The van der Waals surface area contributed by atoms with Gasteiger partial charge in [-0.1, -0.05) is 70.0 Å². The molecule has 0 amide bonds. The Labute approximate surface area is 144 Å². The Hall–Kier alpha value is -0.640. The fourth-order valence-electron chi connectivity index (χ4n) is 2.46. The summed E-state index contributed by atoms with van der Waals surface area (Å²) >= 11 is 7.33.